The lowest BCUT2D eigenvalue weighted by molar-refractivity contribution is -0.120. The van der Waals surface area contributed by atoms with E-state index in [2.05, 4.69) is 0 Å². The van der Waals surface area contributed by atoms with Gasteiger partial charge in [-0.2, -0.15) is 4.31 Å². The third kappa shape index (κ3) is 4.35. The molecule has 0 aliphatic carbocycles. The monoisotopic (exact) mass is 457 g/mol. The molecule has 1 fully saturated rings. The normalized spacial score (nSPS) is 16.6. The van der Waals surface area contributed by atoms with E-state index in [4.69, 9.17) is 10.5 Å². The summed E-state index contributed by atoms with van der Waals surface area (Å²) in [6, 6.07) is 9.98. The molecule has 0 unspecified atom stereocenters. The first-order valence-corrected chi connectivity index (χ1v) is 12.2. The maximum atomic E-state index is 12.9. The first-order chi connectivity index (χ1) is 15.3. The second-order valence-electron chi connectivity index (χ2n) is 8.20. The highest BCUT2D eigenvalue weighted by atomic mass is 32.2. The van der Waals surface area contributed by atoms with Crippen LogP contribution in [0.2, 0.25) is 0 Å². The number of nitrogens with zero attached hydrogens (tertiary/aromatic N) is 2. The molecule has 0 aromatic heterocycles. The molecule has 0 spiro atoms. The van der Waals surface area contributed by atoms with E-state index in [1.807, 2.05) is 6.92 Å². The van der Waals surface area contributed by atoms with Crippen molar-refractivity contribution in [2.45, 2.75) is 37.5 Å². The summed E-state index contributed by atoms with van der Waals surface area (Å²) in [6.07, 6.45) is 3.19. The van der Waals surface area contributed by atoms with Crippen LogP contribution in [-0.2, 0) is 21.2 Å². The number of amides is 2. The summed E-state index contributed by atoms with van der Waals surface area (Å²) in [7, 11) is -3.51. The van der Waals surface area contributed by atoms with Crippen LogP contribution >= 0.6 is 0 Å². The Labute approximate surface area is 188 Å². The quantitative estimate of drug-likeness (QED) is 0.715. The number of aryl methyl sites for hydroxylation is 2. The van der Waals surface area contributed by atoms with E-state index in [0.29, 0.717) is 31.7 Å². The first kappa shape index (κ1) is 22.3. The van der Waals surface area contributed by atoms with Gasteiger partial charge in [0.2, 0.25) is 10.0 Å². The van der Waals surface area contributed by atoms with Crippen molar-refractivity contribution >= 4 is 27.5 Å². The number of benzene rings is 2. The van der Waals surface area contributed by atoms with Crippen LogP contribution in [0, 0.1) is 6.92 Å². The summed E-state index contributed by atoms with van der Waals surface area (Å²) < 4.78 is 33.0. The van der Waals surface area contributed by atoms with Crippen LogP contribution in [0.25, 0.3) is 0 Å². The number of nitrogens with two attached hydrogens (primary N) is 1. The fourth-order valence-corrected chi connectivity index (χ4v) is 5.81. The molecule has 4 rings (SSSR count). The van der Waals surface area contributed by atoms with Crippen molar-refractivity contribution in [3.63, 3.8) is 0 Å². The fraction of sp³-hybridized carbons (Fsp3) is 0.391. The molecule has 0 radical (unpaired) electrons. The van der Waals surface area contributed by atoms with E-state index in [1.165, 1.54) is 4.31 Å². The number of anilines is 1. The van der Waals surface area contributed by atoms with Crippen molar-refractivity contribution < 1.29 is 22.7 Å². The van der Waals surface area contributed by atoms with Gasteiger partial charge in [0.1, 0.15) is 5.75 Å². The van der Waals surface area contributed by atoms with Gasteiger partial charge in [-0.05, 0) is 74.1 Å². The Hall–Kier alpha value is -2.91. The van der Waals surface area contributed by atoms with Gasteiger partial charge in [0.15, 0.2) is 6.61 Å². The maximum Gasteiger partial charge on any atom is 0.264 e. The van der Waals surface area contributed by atoms with E-state index < -0.39 is 15.9 Å². The second kappa shape index (κ2) is 8.91. The molecule has 2 aromatic carbocycles. The molecule has 2 heterocycles. The number of carbonyl (C=O) groups is 2. The van der Waals surface area contributed by atoms with Crippen molar-refractivity contribution in [3.05, 3.63) is 53.1 Å². The molecule has 0 bridgehead atoms. The van der Waals surface area contributed by atoms with Crippen molar-refractivity contribution in [1.82, 2.24) is 4.31 Å². The number of primary amides is 1. The van der Waals surface area contributed by atoms with Gasteiger partial charge in [0.05, 0.1) is 10.5 Å². The molecular weight excluding hydrogens is 430 g/mol. The van der Waals surface area contributed by atoms with Gasteiger partial charge in [-0.1, -0.05) is 6.07 Å². The number of ether oxygens (including phenoxy) is 1. The second-order valence-corrected chi connectivity index (χ2v) is 10.1. The van der Waals surface area contributed by atoms with Crippen LogP contribution in [0.5, 0.6) is 5.75 Å². The smallest absolute Gasteiger partial charge is 0.264 e. The van der Waals surface area contributed by atoms with Crippen LogP contribution in [-0.4, -0.2) is 50.8 Å². The van der Waals surface area contributed by atoms with Crippen LogP contribution < -0.4 is 15.4 Å². The lowest BCUT2D eigenvalue weighted by Crippen LogP contribution is -2.39. The average molecular weight is 458 g/mol. The van der Waals surface area contributed by atoms with Gasteiger partial charge in [0, 0.05) is 25.3 Å². The Kier molecular flexibility index (Phi) is 6.21. The number of fused-ring (bicyclic) bond motifs is 1. The number of hydrogen-bond acceptors (Lipinski definition) is 5. The number of hydrogen-bond donors (Lipinski definition) is 1. The van der Waals surface area contributed by atoms with Crippen LogP contribution in [0.4, 0.5) is 5.69 Å². The van der Waals surface area contributed by atoms with Crippen molar-refractivity contribution in [2.24, 2.45) is 5.73 Å². The zero-order chi connectivity index (χ0) is 22.9. The van der Waals surface area contributed by atoms with E-state index >= 15 is 0 Å². The lowest BCUT2D eigenvalue weighted by atomic mass is 10.0. The van der Waals surface area contributed by atoms with Crippen LogP contribution in [0.15, 0.2) is 41.3 Å². The Bertz CT molecular complexity index is 1160. The predicted octanol–water partition coefficient (Wildman–Crippen LogP) is 2.24. The Morgan fingerprint density at radius 1 is 1.03 bits per heavy atom. The molecule has 9 heteroatoms. The highest BCUT2D eigenvalue weighted by Crippen LogP contribution is 2.31. The summed E-state index contributed by atoms with van der Waals surface area (Å²) in [5, 5.41) is 0. The first-order valence-electron chi connectivity index (χ1n) is 10.7. The highest BCUT2D eigenvalue weighted by molar-refractivity contribution is 7.89. The molecule has 0 saturated carbocycles. The Morgan fingerprint density at radius 2 is 1.78 bits per heavy atom. The van der Waals surface area contributed by atoms with Gasteiger partial charge < -0.3 is 15.4 Å². The molecular formula is C23H27N3O5S. The molecule has 8 nitrogen and oxygen atoms in total. The number of rotatable bonds is 6. The minimum Gasteiger partial charge on any atom is -0.483 e. The summed E-state index contributed by atoms with van der Waals surface area (Å²) in [5.41, 5.74) is 8.04. The van der Waals surface area contributed by atoms with Crippen molar-refractivity contribution in [2.75, 3.05) is 31.1 Å². The predicted molar refractivity (Wildman–Crippen MR) is 120 cm³/mol. The standard InChI is InChI=1S/C23H27N3O5S/c1-16-6-8-19(23(24)28)21(13-16)31-15-22(27)26-12-4-5-17-14-18(7-9-20(17)26)32(29,30)25-10-2-3-11-25/h6-9,13-14H,2-5,10-12,15H2,1H3,(H2,24,28). The maximum absolute atomic E-state index is 12.9. The van der Waals surface area contributed by atoms with Gasteiger partial charge in [0.25, 0.3) is 11.8 Å². The fourth-order valence-electron chi connectivity index (χ4n) is 4.24. The number of carbonyl (C=O) groups excluding carboxylic acids is 2. The van der Waals surface area contributed by atoms with Crippen molar-refractivity contribution in [3.8, 4) is 5.75 Å². The lowest BCUT2D eigenvalue weighted by Gasteiger charge is -2.30. The van der Waals surface area contributed by atoms with E-state index in [9.17, 15) is 18.0 Å². The molecule has 2 aliphatic heterocycles. The van der Waals surface area contributed by atoms with Crippen LogP contribution in [0.3, 0.4) is 0 Å². The van der Waals surface area contributed by atoms with Gasteiger partial charge in [-0.25, -0.2) is 8.42 Å². The van der Waals surface area contributed by atoms with E-state index in [1.54, 1.807) is 41.3 Å². The molecule has 1 saturated heterocycles. The Balaban J connectivity index is 1.53. The molecule has 2 aliphatic rings. The summed E-state index contributed by atoms with van der Waals surface area (Å²) in [6.45, 7) is 3.22. The SMILES string of the molecule is Cc1ccc(C(N)=O)c(OCC(=O)N2CCCc3cc(S(=O)(=O)N4CCCC4)ccc32)c1. The minimum absolute atomic E-state index is 0.221. The molecule has 170 valence electrons. The Morgan fingerprint density at radius 3 is 2.50 bits per heavy atom. The number of sulfonamides is 1. The topological polar surface area (TPSA) is 110 Å². The third-order valence-electron chi connectivity index (χ3n) is 5.93. The minimum atomic E-state index is -3.51. The summed E-state index contributed by atoms with van der Waals surface area (Å²) in [5.74, 6) is -0.615. The van der Waals surface area contributed by atoms with Gasteiger partial charge >= 0.3 is 0 Å². The molecule has 2 amide bonds. The zero-order valence-electron chi connectivity index (χ0n) is 18.0. The van der Waals surface area contributed by atoms with Crippen LogP contribution in [0.1, 0.15) is 40.7 Å². The van der Waals surface area contributed by atoms with E-state index in [0.717, 1.165) is 30.4 Å². The third-order valence-corrected chi connectivity index (χ3v) is 7.82. The molecule has 2 N–H and O–H groups in total. The van der Waals surface area contributed by atoms with Gasteiger partial charge in [-0.15, -0.1) is 0 Å². The molecule has 32 heavy (non-hydrogen) atoms. The molecule has 2 aromatic rings. The summed E-state index contributed by atoms with van der Waals surface area (Å²) >= 11 is 0. The van der Waals surface area contributed by atoms with Crippen molar-refractivity contribution in [1.29, 1.82) is 0 Å². The summed E-state index contributed by atoms with van der Waals surface area (Å²) in [4.78, 5) is 26.5. The largest absolute Gasteiger partial charge is 0.483 e. The van der Waals surface area contributed by atoms with Gasteiger partial charge in [-0.3, -0.25) is 9.59 Å². The average Bonchev–Trinajstić information content (AvgIpc) is 3.32. The van der Waals surface area contributed by atoms with E-state index in [-0.39, 0.29) is 28.7 Å². The zero-order valence-corrected chi connectivity index (χ0v) is 18.9. The molecule has 0 atom stereocenters. The highest BCUT2D eigenvalue weighted by Gasteiger charge is 2.30.